The van der Waals surface area contributed by atoms with Crippen molar-refractivity contribution in [2.45, 2.75) is 12.8 Å². The van der Waals surface area contributed by atoms with E-state index in [0.29, 0.717) is 13.0 Å². The molecular weight excluding hydrogens is 374 g/mol. The van der Waals surface area contributed by atoms with Gasteiger partial charge in [0.05, 0.1) is 7.11 Å². The third-order valence-corrected chi connectivity index (χ3v) is 5.37. The lowest BCUT2D eigenvalue weighted by molar-refractivity contribution is -0.121. The topological polar surface area (TPSA) is 44.8 Å². The van der Waals surface area contributed by atoms with E-state index in [1.54, 1.807) is 7.11 Å². The molecule has 0 aliphatic carbocycles. The van der Waals surface area contributed by atoms with Crippen LogP contribution in [0.5, 0.6) is 5.75 Å². The predicted molar refractivity (Wildman–Crippen MR) is 114 cm³/mol. The lowest BCUT2D eigenvalue weighted by atomic mass is 10.1. The maximum atomic E-state index is 12.1. The smallest absolute Gasteiger partial charge is 0.220 e. The number of ether oxygens (including phenoxy) is 1. The van der Waals surface area contributed by atoms with E-state index < -0.39 is 0 Å². The Morgan fingerprint density at radius 3 is 2.36 bits per heavy atom. The zero-order valence-corrected chi connectivity index (χ0v) is 17.1. The Kier molecular flexibility index (Phi) is 7.57. The molecule has 0 unspecified atom stereocenters. The van der Waals surface area contributed by atoms with Crippen LogP contribution in [0.15, 0.2) is 48.5 Å². The van der Waals surface area contributed by atoms with Crippen molar-refractivity contribution >= 4 is 23.2 Å². The predicted octanol–water partition coefficient (Wildman–Crippen LogP) is 3.22. The van der Waals surface area contributed by atoms with E-state index in [9.17, 15) is 4.79 Å². The van der Waals surface area contributed by atoms with Crippen molar-refractivity contribution in [3.05, 3.63) is 59.1 Å². The Labute approximate surface area is 172 Å². The van der Waals surface area contributed by atoms with Crippen LogP contribution in [0.2, 0.25) is 5.02 Å². The van der Waals surface area contributed by atoms with E-state index >= 15 is 0 Å². The number of methoxy groups -OCH3 is 1. The van der Waals surface area contributed by atoms with Gasteiger partial charge in [0.15, 0.2) is 0 Å². The molecule has 1 aliphatic heterocycles. The molecule has 1 fully saturated rings. The highest BCUT2D eigenvalue weighted by Gasteiger charge is 2.17. The van der Waals surface area contributed by atoms with Crippen LogP contribution in [0, 0.1) is 0 Å². The molecule has 0 atom stereocenters. The van der Waals surface area contributed by atoms with Gasteiger partial charge < -0.3 is 15.0 Å². The number of hydrogen-bond acceptors (Lipinski definition) is 4. The molecule has 150 valence electrons. The Morgan fingerprint density at radius 2 is 1.71 bits per heavy atom. The van der Waals surface area contributed by atoms with E-state index in [-0.39, 0.29) is 5.91 Å². The number of amides is 1. The minimum absolute atomic E-state index is 0.107. The average Bonchev–Trinajstić information content (AvgIpc) is 2.74. The maximum absolute atomic E-state index is 12.1. The van der Waals surface area contributed by atoms with Gasteiger partial charge in [-0.25, -0.2) is 0 Å². The zero-order valence-electron chi connectivity index (χ0n) is 16.4. The lowest BCUT2D eigenvalue weighted by Gasteiger charge is -2.36. The van der Waals surface area contributed by atoms with Gasteiger partial charge in [0.2, 0.25) is 5.91 Å². The van der Waals surface area contributed by atoms with Gasteiger partial charge in [0, 0.05) is 56.4 Å². The Morgan fingerprint density at radius 1 is 1.04 bits per heavy atom. The van der Waals surface area contributed by atoms with Gasteiger partial charge in [-0.1, -0.05) is 23.7 Å². The van der Waals surface area contributed by atoms with Crippen LogP contribution in [0.25, 0.3) is 0 Å². The van der Waals surface area contributed by atoms with Crippen molar-refractivity contribution in [2.24, 2.45) is 0 Å². The summed E-state index contributed by atoms with van der Waals surface area (Å²) in [5.74, 6) is 0.944. The zero-order chi connectivity index (χ0) is 19.8. The molecule has 0 spiro atoms. The number of hydrogen-bond donors (Lipinski definition) is 1. The summed E-state index contributed by atoms with van der Waals surface area (Å²) in [6.07, 6.45) is 1.26. The minimum atomic E-state index is 0.107. The van der Waals surface area contributed by atoms with Crippen molar-refractivity contribution in [1.82, 2.24) is 10.2 Å². The second-order valence-electron chi connectivity index (χ2n) is 7.00. The van der Waals surface area contributed by atoms with Crippen LogP contribution in [0.4, 0.5) is 5.69 Å². The highest BCUT2D eigenvalue weighted by molar-refractivity contribution is 6.30. The maximum Gasteiger partial charge on any atom is 0.220 e. The first-order valence-corrected chi connectivity index (χ1v) is 10.1. The summed E-state index contributed by atoms with van der Waals surface area (Å²) in [6, 6.07) is 15.9. The lowest BCUT2D eigenvalue weighted by Crippen LogP contribution is -2.48. The van der Waals surface area contributed by atoms with Crippen LogP contribution >= 0.6 is 11.6 Å². The van der Waals surface area contributed by atoms with Crippen LogP contribution in [-0.4, -0.2) is 57.2 Å². The van der Waals surface area contributed by atoms with Crippen LogP contribution in [0.1, 0.15) is 12.0 Å². The van der Waals surface area contributed by atoms with E-state index in [1.807, 2.05) is 36.4 Å². The number of aryl methyl sites for hydroxylation is 1. The van der Waals surface area contributed by atoms with E-state index in [0.717, 1.165) is 55.5 Å². The fourth-order valence-corrected chi connectivity index (χ4v) is 3.50. The molecule has 2 aromatic carbocycles. The molecule has 0 radical (unpaired) electrons. The minimum Gasteiger partial charge on any atom is -0.497 e. The molecule has 6 heteroatoms. The van der Waals surface area contributed by atoms with Crippen molar-refractivity contribution in [2.75, 3.05) is 51.3 Å². The first kappa shape index (κ1) is 20.5. The third-order valence-electron chi connectivity index (χ3n) is 5.11. The van der Waals surface area contributed by atoms with Crippen LogP contribution < -0.4 is 15.0 Å². The average molecular weight is 402 g/mol. The molecule has 1 amide bonds. The Bertz CT molecular complexity index is 741. The highest BCUT2D eigenvalue weighted by atomic mass is 35.5. The molecule has 0 saturated carbocycles. The number of piperazine rings is 1. The fraction of sp³-hybridized carbons (Fsp3) is 0.409. The van der Waals surface area contributed by atoms with Crippen molar-refractivity contribution in [3.63, 3.8) is 0 Å². The summed E-state index contributed by atoms with van der Waals surface area (Å²) in [4.78, 5) is 16.8. The summed E-state index contributed by atoms with van der Waals surface area (Å²) in [5.41, 5.74) is 2.37. The quantitative estimate of drug-likeness (QED) is 0.737. The van der Waals surface area contributed by atoms with E-state index in [1.165, 1.54) is 5.69 Å². The SMILES string of the molecule is COc1ccc(CCC(=O)NCCN2CCN(c3ccc(Cl)cc3)CC2)cc1. The number of carbonyl (C=O) groups is 1. The molecule has 2 aromatic rings. The van der Waals surface area contributed by atoms with Gasteiger partial charge in [0.25, 0.3) is 0 Å². The highest BCUT2D eigenvalue weighted by Crippen LogP contribution is 2.19. The summed E-state index contributed by atoms with van der Waals surface area (Å²) in [7, 11) is 1.65. The first-order chi connectivity index (χ1) is 13.6. The number of anilines is 1. The summed E-state index contributed by atoms with van der Waals surface area (Å²) in [6.45, 7) is 5.58. The van der Waals surface area contributed by atoms with Crippen LogP contribution in [-0.2, 0) is 11.2 Å². The second kappa shape index (κ2) is 10.3. The van der Waals surface area contributed by atoms with Crippen molar-refractivity contribution in [3.8, 4) is 5.75 Å². The van der Waals surface area contributed by atoms with Crippen LogP contribution in [0.3, 0.4) is 0 Å². The van der Waals surface area contributed by atoms with Crippen molar-refractivity contribution < 1.29 is 9.53 Å². The normalized spacial score (nSPS) is 14.7. The molecule has 0 aromatic heterocycles. The summed E-state index contributed by atoms with van der Waals surface area (Å²) in [5, 5.41) is 3.81. The molecule has 5 nitrogen and oxygen atoms in total. The molecule has 1 N–H and O–H groups in total. The molecule has 1 saturated heterocycles. The Balaban J connectivity index is 1.30. The fourth-order valence-electron chi connectivity index (χ4n) is 3.37. The summed E-state index contributed by atoms with van der Waals surface area (Å²) >= 11 is 5.96. The van der Waals surface area contributed by atoms with Gasteiger partial charge >= 0.3 is 0 Å². The number of carbonyl (C=O) groups excluding carboxylic acids is 1. The van der Waals surface area contributed by atoms with Gasteiger partial charge in [-0.05, 0) is 48.4 Å². The molecule has 3 rings (SSSR count). The molecule has 1 aliphatic rings. The molecule has 0 bridgehead atoms. The number of benzene rings is 2. The number of nitrogens with one attached hydrogen (secondary N) is 1. The first-order valence-electron chi connectivity index (χ1n) is 9.76. The van der Waals surface area contributed by atoms with Crippen molar-refractivity contribution in [1.29, 1.82) is 0 Å². The molecular formula is C22H28ClN3O2. The monoisotopic (exact) mass is 401 g/mol. The van der Waals surface area contributed by atoms with E-state index in [2.05, 4.69) is 27.2 Å². The number of halogens is 1. The largest absolute Gasteiger partial charge is 0.497 e. The Hall–Kier alpha value is -2.24. The molecule has 28 heavy (non-hydrogen) atoms. The van der Waals surface area contributed by atoms with Gasteiger partial charge in [-0.3, -0.25) is 9.69 Å². The number of nitrogens with zero attached hydrogens (tertiary/aromatic N) is 2. The molecule has 1 heterocycles. The summed E-state index contributed by atoms with van der Waals surface area (Å²) < 4.78 is 5.15. The van der Waals surface area contributed by atoms with E-state index in [4.69, 9.17) is 16.3 Å². The number of rotatable bonds is 8. The standard InChI is InChI=1S/C22H28ClN3O2/c1-28-21-9-2-18(3-10-21)4-11-22(27)24-12-13-25-14-16-26(17-15-25)20-7-5-19(23)6-8-20/h2-3,5-10H,4,11-17H2,1H3,(H,24,27). The van der Waals surface area contributed by atoms with Gasteiger partial charge in [-0.15, -0.1) is 0 Å². The van der Waals surface area contributed by atoms with Gasteiger partial charge in [0.1, 0.15) is 5.75 Å². The van der Waals surface area contributed by atoms with Gasteiger partial charge in [-0.2, -0.15) is 0 Å². The second-order valence-corrected chi connectivity index (χ2v) is 7.44. The third kappa shape index (κ3) is 6.14.